The summed E-state index contributed by atoms with van der Waals surface area (Å²) in [6, 6.07) is 4.10. The van der Waals surface area contributed by atoms with Gasteiger partial charge in [0, 0.05) is 24.1 Å². The van der Waals surface area contributed by atoms with Crippen molar-refractivity contribution in [3.63, 3.8) is 0 Å². The van der Waals surface area contributed by atoms with Crippen LogP contribution in [-0.4, -0.2) is 17.8 Å². The second-order valence-electron chi connectivity index (χ2n) is 3.96. The van der Waals surface area contributed by atoms with Crippen molar-refractivity contribution in [3.05, 3.63) is 29.6 Å². The second kappa shape index (κ2) is 5.82. The zero-order valence-electron chi connectivity index (χ0n) is 9.61. The van der Waals surface area contributed by atoms with Crippen LogP contribution >= 0.6 is 0 Å². The van der Waals surface area contributed by atoms with Crippen LogP contribution in [0, 0.1) is 5.82 Å². The molecule has 16 heavy (non-hydrogen) atoms. The second-order valence-corrected chi connectivity index (χ2v) is 3.96. The Kier molecular flexibility index (Phi) is 4.71. The number of hydrogen-bond donors (Lipinski definition) is 2. The number of benzene rings is 1. The lowest BCUT2D eigenvalue weighted by atomic mass is 10.1. The molecular formula is C12H18FNO2. The van der Waals surface area contributed by atoms with E-state index in [1.165, 1.54) is 12.1 Å². The predicted octanol–water partition coefficient (Wildman–Crippen LogP) is 2.00. The van der Waals surface area contributed by atoms with Crippen LogP contribution < -0.4 is 10.5 Å². The summed E-state index contributed by atoms with van der Waals surface area (Å²) in [5.41, 5.74) is 6.51. The van der Waals surface area contributed by atoms with Crippen LogP contribution in [-0.2, 0) is 0 Å². The number of nitrogens with two attached hydrogens (primary N) is 1. The third kappa shape index (κ3) is 3.79. The third-order valence-electron chi connectivity index (χ3n) is 2.26. The minimum atomic E-state index is -0.424. The number of hydrogen-bond acceptors (Lipinski definition) is 3. The van der Waals surface area contributed by atoms with Gasteiger partial charge in [-0.3, -0.25) is 0 Å². The Labute approximate surface area is 95.0 Å². The summed E-state index contributed by atoms with van der Waals surface area (Å²) in [4.78, 5) is 0. The van der Waals surface area contributed by atoms with E-state index in [1.807, 2.05) is 6.92 Å². The molecule has 90 valence electrons. The van der Waals surface area contributed by atoms with E-state index in [2.05, 4.69) is 0 Å². The lowest BCUT2D eigenvalue weighted by molar-refractivity contribution is 0.155. The molecule has 4 heteroatoms. The Morgan fingerprint density at radius 2 is 2.12 bits per heavy atom. The fourth-order valence-electron chi connectivity index (χ4n) is 1.35. The summed E-state index contributed by atoms with van der Waals surface area (Å²) >= 11 is 0. The van der Waals surface area contributed by atoms with E-state index >= 15 is 0 Å². The first kappa shape index (κ1) is 12.9. The molecule has 2 atom stereocenters. The number of ether oxygens (including phenoxy) is 1. The summed E-state index contributed by atoms with van der Waals surface area (Å²) in [7, 11) is 0. The Bertz CT molecular complexity index is 340. The molecule has 0 aliphatic carbocycles. The minimum absolute atomic E-state index is 0.206. The highest BCUT2D eigenvalue weighted by atomic mass is 19.1. The zero-order valence-corrected chi connectivity index (χ0v) is 9.61. The van der Waals surface area contributed by atoms with Gasteiger partial charge in [0.05, 0.1) is 12.7 Å². The van der Waals surface area contributed by atoms with Crippen LogP contribution in [0.3, 0.4) is 0 Å². The van der Waals surface area contributed by atoms with Crippen molar-refractivity contribution in [1.29, 1.82) is 0 Å². The van der Waals surface area contributed by atoms with E-state index in [0.717, 1.165) is 5.56 Å². The van der Waals surface area contributed by atoms with E-state index in [0.29, 0.717) is 18.8 Å². The lowest BCUT2D eigenvalue weighted by Crippen LogP contribution is -2.11. The first-order valence-electron chi connectivity index (χ1n) is 5.36. The molecule has 0 spiro atoms. The topological polar surface area (TPSA) is 55.5 Å². The Hall–Kier alpha value is -1.13. The highest BCUT2D eigenvalue weighted by molar-refractivity contribution is 5.36. The zero-order chi connectivity index (χ0) is 12.1. The van der Waals surface area contributed by atoms with Gasteiger partial charge in [0.1, 0.15) is 11.6 Å². The van der Waals surface area contributed by atoms with Crippen LogP contribution in [0.25, 0.3) is 0 Å². The first-order chi connectivity index (χ1) is 7.50. The van der Waals surface area contributed by atoms with Crippen LogP contribution in [0.15, 0.2) is 18.2 Å². The number of rotatable bonds is 5. The summed E-state index contributed by atoms with van der Waals surface area (Å²) in [5.74, 6) is 0.104. The summed E-state index contributed by atoms with van der Waals surface area (Å²) in [6.07, 6.45) is 0.0850. The van der Waals surface area contributed by atoms with Crippen molar-refractivity contribution in [3.8, 4) is 5.75 Å². The fraction of sp³-hybridized carbons (Fsp3) is 0.500. The van der Waals surface area contributed by atoms with Crippen molar-refractivity contribution in [1.82, 2.24) is 0 Å². The van der Waals surface area contributed by atoms with Crippen molar-refractivity contribution < 1.29 is 14.2 Å². The van der Waals surface area contributed by atoms with E-state index < -0.39 is 6.10 Å². The first-order valence-corrected chi connectivity index (χ1v) is 5.36. The van der Waals surface area contributed by atoms with Crippen molar-refractivity contribution in [2.75, 3.05) is 6.61 Å². The van der Waals surface area contributed by atoms with Crippen LogP contribution in [0.5, 0.6) is 5.75 Å². The summed E-state index contributed by atoms with van der Waals surface area (Å²) in [5, 5.41) is 9.08. The molecule has 0 amide bonds. The molecule has 0 heterocycles. The maximum absolute atomic E-state index is 13.0. The third-order valence-corrected chi connectivity index (χ3v) is 2.26. The van der Waals surface area contributed by atoms with Gasteiger partial charge >= 0.3 is 0 Å². The van der Waals surface area contributed by atoms with Gasteiger partial charge in [-0.05, 0) is 19.9 Å². The molecule has 0 aromatic heterocycles. The normalized spacial score (nSPS) is 14.6. The molecule has 3 N–H and O–H groups in total. The molecule has 0 radical (unpaired) electrons. The Balaban J connectivity index is 2.72. The molecule has 0 saturated carbocycles. The summed E-state index contributed by atoms with van der Waals surface area (Å²) < 4.78 is 18.4. The molecule has 0 saturated heterocycles. The van der Waals surface area contributed by atoms with E-state index in [4.69, 9.17) is 15.6 Å². The SMILES string of the molecule is CC(O)CCOc1cc(F)ccc1C(C)N. The Morgan fingerprint density at radius 3 is 2.69 bits per heavy atom. The van der Waals surface area contributed by atoms with Gasteiger partial charge in [-0.1, -0.05) is 6.07 Å². The summed E-state index contributed by atoms with van der Waals surface area (Å²) in [6.45, 7) is 3.84. The molecule has 0 bridgehead atoms. The van der Waals surface area contributed by atoms with Crippen molar-refractivity contribution in [2.45, 2.75) is 32.4 Å². The van der Waals surface area contributed by atoms with Crippen molar-refractivity contribution in [2.24, 2.45) is 5.73 Å². The van der Waals surface area contributed by atoms with Gasteiger partial charge in [0.2, 0.25) is 0 Å². The minimum Gasteiger partial charge on any atom is -0.493 e. The molecule has 0 aliphatic rings. The van der Waals surface area contributed by atoms with Crippen LogP contribution in [0.1, 0.15) is 31.9 Å². The van der Waals surface area contributed by atoms with Crippen LogP contribution in [0.2, 0.25) is 0 Å². The molecule has 1 rings (SSSR count). The fourth-order valence-corrected chi connectivity index (χ4v) is 1.35. The van der Waals surface area contributed by atoms with Crippen LogP contribution in [0.4, 0.5) is 4.39 Å². The lowest BCUT2D eigenvalue weighted by Gasteiger charge is -2.14. The van der Waals surface area contributed by atoms with E-state index in [9.17, 15) is 4.39 Å². The average molecular weight is 227 g/mol. The maximum atomic E-state index is 13.0. The maximum Gasteiger partial charge on any atom is 0.126 e. The Morgan fingerprint density at radius 1 is 1.44 bits per heavy atom. The van der Waals surface area contributed by atoms with E-state index in [-0.39, 0.29) is 11.9 Å². The average Bonchev–Trinajstić information content (AvgIpc) is 2.16. The van der Waals surface area contributed by atoms with Gasteiger partial charge in [-0.15, -0.1) is 0 Å². The van der Waals surface area contributed by atoms with Gasteiger partial charge in [0.15, 0.2) is 0 Å². The highest BCUT2D eigenvalue weighted by Gasteiger charge is 2.09. The van der Waals surface area contributed by atoms with Gasteiger partial charge < -0.3 is 15.6 Å². The predicted molar refractivity (Wildman–Crippen MR) is 60.8 cm³/mol. The number of halogens is 1. The van der Waals surface area contributed by atoms with Gasteiger partial charge in [0.25, 0.3) is 0 Å². The quantitative estimate of drug-likeness (QED) is 0.808. The molecular weight excluding hydrogens is 209 g/mol. The number of aliphatic hydroxyl groups is 1. The smallest absolute Gasteiger partial charge is 0.126 e. The molecule has 2 unspecified atom stereocenters. The largest absolute Gasteiger partial charge is 0.493 e. The van der Waals surface area contributed by atoms with Gasteiger partial charge in [-0.25, -0.2) is 4.39 Å². The molecule has 3 nitrogen and oxygen atoms in total. The standard InChI is InChI=1S/C12H18FNO2/c1-8(15)5-6-16-12-7-10(13)3-4-11(12)9(2)14/h3-4,7-9,15H,5-6,14H2,1-2H3. The monoisotopic (exact) mass is 227 g/mol. The molecule has 1 aromatic rings. The molecule has 0 fully saturated rings. The van der Waals surface area contributed by atoms with E-state index in [1.54, 1.807) is 13.0 Å². The molecule has 1 aromatic carbocycles. The molecule has 0 aliphatic heterocycles. The van der Waals surface area contributed by atoms with Gasteiger partial charge in [-0.2, -0.15) is 0 Å². The van der Waals surface area contributed by atoms with Crippen molar-refractivity contribution >= 4 is 0 Å². The highest BCUT2D eigenvalue weighted by Crippen LogP contribution is 2.24. The number of aliphatic hydroxyl groups excluding tert-OH is 1.